The molecule has 4 amide bonds. The van der Waals surface area contributed by atoms with Gasteiger partial charge in [0.05, 0.1) is 0 Å². The van der Waals surface area contributed by atoms with Crippen molar-refractivity contribution in [3.8, 4) is 11.8 Å². The number of aromatic hydroxyl groups is 1. The molecule has 2 heterocycles. The number of aromatic nitrogens is 2. The molecule has 2 aromatic heterocycles. The molecule has 44 heavy (non-hydrogen) atoms. The first-order valence-electron chi connectivity index (χ1n) is 14.4. The van der Waals surface area contributed by atoms with E-state index in [0.29, 0.717) is 24.9 Å². The molecule has 5 N–H and O–H groups in total. The van der Waals surface area contributed by atoms with Gasteiger partial charge in [-0.05, 0) is 47.2 Å². The third kappa shape index (κ3) is 9.15. The summed E-state index contributed by atoms with van der Waals surface area (Å²) >= 11 is 0. The Morgan fingerprint density at radius 3 is 1.75 bits per heavy atom. The van der Waals surface area contributed by atoms with Crippen LogP contribution < -0.4 is 26.0 Å². The molecule has 10 nitrogen and oxygen atoms in total. The van der Waals surface area contributed by atoms with Crippen molar-refractivity contribution in [3.05, 3.63) is 120 Å². The van der Waals surface area contributed by atoms with Crippen LogP contribution in [0.2, 0.25) is 0 Å². The summed E-state index contributed by atoms with van der Waals surface area (Å²) in [7, 11) is 0. The molecule has 2 saturated carbocycles. The number of hydrogen-bond acceptors (Lipinski definition) is 6. The van der Waals surface area contributed by atoms with Gasteiger partial charge < -0.3 is 31.1 Å². The highest BCUT2D eigenvalue weighted by atomic mass is 19.1. The minimum atomic E-state index is -0.924. The van der Waals surface area contributed by atoms with Gasteiger partial charge in [0, 0.05) is 61.5 Å². The third-order valence-corrected chi connectivity index (χ3v) is 7.39. The lowest BCUT2D eigenvalue weighted by Crippen LogP contribution is -2.36. The number of carbonyl (C=O) groups excluding carboxylic acids is 2. The average Bonchev–Trinajstić information content (AvgIpc) is 3.98. The first-order chi connectivity index (χ1) is 21.5. The second-order valence-corrected chi connectivity index (χ2v) is 10.7. The Labute approximate surface area is 255 Å². The molecule has 6 rings (SSSR count). The van der Waals surface area contributed by atoms with Crippen LogP contribution in [0, 0.1) is 0 Å². The van der Waals surface area contributed by atoms with Crippen LogP contribution in [0.15, 0.2) is 97.3 Å². The standard InChI is InChI=1S/C17H18FN3O2.C16H17N3O2/c18-11-23-16-8-12(6-7-19-16)10-20-17(22)21-15-9-14(15)13-4-2-1-3-5-13;20-15-8-11(6-7-17-15)10-18-16(21)19-14-9-13(14)12-4-2-1-3-5-12/h1-8,14-15H,9-11H2,(H2,20,21,22);1-8,13-14H,9-10H2,(H,17,20)(H2,18,19,21)/t14-,15+;13-,14+/m00/s1. The number of nitrogens with one attached hydrogen (secondary N) is 4. The summed E-state index contributed by atoms with van der Waals surface area (Å²) in [6.45, 7) is -0.225. The minimum absolute atomic E-state index is 0.0407. The quantitative estimate of drug-likeness (QED) is 0.176. The Bertz CT molecular complexity index is 1530. The molecule has 0 aliphatic heterocycles. The Hall–Kier alpha value is -5.19. The van der Waals surface area contributed by atoms with Crippen molar-refractivity contribution in [3.63, 3.8) is 0 Å². The normalized spacial score (nSPS) is 19.4. The van der Waals surface area contributed by atoms with Gasteiger partial charge in [0.25, 0.3) is 0 Å². The lowest BCUT2D eigenvalue weighted by Gasteiger charge is -2.08. The molecule has 0 unspecified atom stereocenters. The fraction of sp³-hybridized carbons (Fsp3) is 0.273. The highest BCUT2D eigenvalue weighted by Crippen LogP contribution is 2.41. The van der Waals surface area contributed by atoms with Crippen molar-refractivity contribution in [2.24, 2.45) is 0 Å². The van der Waals surface area contributed by atoms with Gasteiger partial charge in [-0.3, -0.25) is 0 Å². The van der Waals surface area contributed by atoms with Crippen molar-refractivity contribution >= 4 is 12.1 Å². The van der Waals surface area contributed by atoms with Crippen LogP contribution in [-0.4, -0.2) is 46.1 Å². The number of ether oxygens (including phenoxy) is 1. The van der Waals surface area contributed by atoms with E-state index in [2.05, 4.69) is 60.2 Å². The van der Waals surface area contributed by atoms with Gasteiger partial charge in [0.15, 0.2) is 0 Å². The first-order valence-corrected chi connectivity index (χ1v) is 14.4. The summed E-state index contributed by atoms with van der Waals surface area (Å²) in [6, 6.07) is 27.0. The Morgan fingerprint density at radius 2 is 1.25 bits per heavy atom. The number of amides is 4. The monoisotopic (exact) mass is 598 g/mol. The van der Waals surface area contributed by atoms with Crippen LogP contribution in [0.25, 0.3) is 0 Å². The highest BCUT2D eigenvalue weighted by Gasteiger charge is 2.40. The number of urea groups is 2. The van der Waals surface area contributed by atoms with E-state index in [4.69, 9.17) is 0 Å². The van der Waals surface area contributed by atoms with Crippen molar-refractivity contribution in [1.29, 1.82) is 0 Å². The molecule has 0 saturated heterocycles. The molecular weight excluding hydrogens is 563 g/mol. The Balaban J connectivity index is 0.000000175. The maximum atomic E-state index is 12.1. The zero-order valence-electron chi connectivity index (χ0n) is 24.0. The van der Waals surface area contributed by atoms with E-state index in [9.17, 15) is 19.1 Å². The predicted octanol–water partition coefficient (Wildman–Crippen LogP) is 4.89. The fourth-order valence-corrected chi connectivity index (χ4v) is 4.92. The molecule has 228 valence electrons. The van der Waals surface area contributed by atoms with Crippen LogP contribution in [0.5, 0.6) is 11.8 Å². The average molecular weight is 599 g/mol. The maximum Gasteiger partial charge on any atom is 0.315 e. The zero-order valence-corrected chi connectivity index (χ0v) is 24.0. The molecule has 2 aromatic carbocycles. The van der Waals surface area contributed by atoms with E-state index in [0.717, 1.165) is 24.0 Å². The van der Waals surface area contributed by atoms with E-state index in [1.54, 1.807) is 18.2 Å². The Kier molecular flexibility index (Phi) is 10.2. The third-order valence-electron chi connectivity index (χ3n) is 7.39. The van der Waals surface area contributed by atoms with Crippen molar-refractivity contribution in [2.75, 3.05) is 6.86 Å². The van der Waals surface area contributed by atoms with Gasteiger partial charge in [-0.1, -0.05) is 60.7 Å². The number of alkyl halides is 1. The second kappa shape index (κ2) is 14.8. The smallest absolute Gasteiger partial charge is 0.315 e. The van der Waals surface area contributed by atoms with Gasteiger partial charge in [0.1, 0.15) is 0 Å². The maximum absolute atomic E-state index is 12.1. The Morgan fingerprint density at radius 1 is 0.750 bits per heavy atom. The molecule has 0 spiro atoms. The number of nitrogens with zero attached hydrogens (tertiary/aromatic N) is 2. The van der Waals surface area contributed by atoms with E-state index in [1.807, 2.05) is 36.4 Å². The molecule has 2 aliphatic carbocycles. The molecule has 0 radical (unpaired) electrons. The lowest BCUT2D eigenvalue weighted by atomic mass is 10.1. The number of halogens is 1. The topological polar surface area (TPSA) is 138 Å². The molecule has 4 aromatic rings. The molecule has 2 fully saturated rings. The van der Waals surface area contributed by atoms with Crippen molar-refractivity contribution in [1.82, 2.24) is 31.2 Å². The summed E-state index contributed by atoms with van der Waals surface area (Å²) in [4.78, 5) is 31.3. The zero-order chi connectivity index (χ0) is 30.7. The molecule has 2 aliphatic rings. The summed E-state index contributed by atoms with van der Waals surface area (Å²) in [6.07, 6.45) is 4.97. The van der Waals surface area contributed by atoms with Gasteiger partial charge in [-0.2, -0.15) is 0 Å². The molecular formula is C33H35FN6O4. The largest absolute Gasteiger partial charge is 0.493 e. The lowest BCUT2D eigenvalue weighted by molar-refractivity contribution is 0.184. The van der Waals surface area contributed by atoms with Crippen LogP contribution in [-0.2, 0) is 13.1 Å². The molecule has 0 bridgehead atoms. The van der Waals surface area contributed by atoms with E-state index < -0.39 is 6.86 Å². The van der Waals surface area contributed by atoms with Crippen LogP contribution in [0.3, 0.4) is 0 Å². The predicted molar refractivity (Wildman–Crippen MR) is 163 cm³/mol. The minimum Gasteiger partial charge on any atom is -0.493 e. The van der Waals surface area contributed by atoms with Gasteiger partial charge in [-0.25, -0.2) is 23.9 Å². The summed E-state index contributed by atoms with van der Waals surface area (Å²) in [5.74, 6) is 0.980. The molecule has 11 heteroatoms. The van der Waals surface area contributed by atoms with Crippen molar-refractivity contribution in [2.45, 2.75) is 49.9 Å². The highest BCUT2D eigenvalue weighted by molar-refractivity contribution is 5.75. The number of pyridine rings is 2. The first kappa shape index (κ1) is 30.3. The SMILES string of the molecule is O=C(NCc1ccnc(O)c1)N[C@@H]1C[C@H]1c1ccccc1.O=C(NCc1ccnc(OCF)c1)N[C@@H]1C[C@H]1c1ccccc1. The number of carbonyl (C=O) groups is 2. The second-order valence-electron chi connectivity index (χ2n) is 10.7. The fourth-order valence-electron chi connectivity index (χ4n) is 4.92. The summed E-state index contributed by atoms with van der Waals surface area (Å²) in [5.41, 5.74) is 4.13. The van der Waals surface area contributed by atoms with Crippen LogP contribution in [0.1, 0.15) is 46.9 Å². The summed E-state index contributed by atoms with van der Waals surface area (Å²) < 4.78 is 16.8. The van der Waals surface area contributed by atoms with Crippen molar-refractivity contribution < 1.29 is 23.8 Å². The molecule has 4 atom stereocenters. The van der Waals surface area contributed by atoms with Crippen LogP contribution in [0.4, 0.5) is 14.0 Å². The van der Waals surface area contributed by atoms with Gasteiger partial charge >= 0.3 is 12.1 Å². The number of benzene rings is 2. The van der Waals surface area contributed by atoms with E-state index in [1.165, 1.54) is 29.6 Å². The van der Waals surface area contributed by atoms with E-state index >= 15 is 0 Å². The summed E-state index contributed by atoms with van der Waals surface area (Å²) in [5, 5.41) is 20.7. The van der Waals surface area contributed by atoms with E-state index in [-0.39, 0.29) is 35.9 Å². The van der Waals surface area contributed by atoms with Gasteiger partial charge in [-0.15, -0.1) is 0 Å². The van der Waals surface area contributed by atoms with Crippen LogP contribution >= 0.6 is 0 Å². The number of hydrogen-bond donors (Lipinski definition) is 5. The van der Waals surface area contributed by atoms with Gasteiger partial charge in [0.2, 0.25) is 18.6 Å². The number of rotatable bonds is 10.